The highest BCUT2D eigenvalue weighted by Gasteiger charge is 2.10. The number of pyridine rings is 1. The highest BCUT2D eigenvalue weighted by Crippen LogP contribution is 2.33. The Morgan fingerprint density at radius 3 is 2.79 bits per heavy atom. The molecule has 7 heteroatoms. The van der Waals surface area contributed by atoms with E-state index < -0.39 is 11.8 Å². The third kappa shape index (κ3) is 3.21. The number of aromatic carboxylic acids is 1. The summed E-state index contributed by atoms with van der Waals surface area (Å²) in [6.45, 7) is 0. The zero-order valence-corrected chi connectivity index (χ0v) is 11.7. The molecule has 0 aliphatic carbocycles. The van der Waals surface area contributed by atoms with Crippen molar-refractivity contribution in [2.24, 2.45) is 0 Å². The molecule has 0 aliphatic rings. The molecule has 2 N–H and O–H groups in total. The molecule has 0 atom stereocenters. The first-order valence-electron chi connectivity index (χ1n) is 5.08. The van der Waals surface area contributed by atoms with Gasteiger partial charge in [-0.1, -0.05) is 11.6 Å². The lowest BCUT2D eigenvalue weighted by Gasteiger charge is -2.10. The molecular formula is C12H7BrClFN2O2. The van der Waals surface area contributed by atoms with Crippen LogP contribution >= 0.6 is 27.5 Å². The molecule has 1 aromatic heterocycles. The summed E-state index contributed by atoms with van der Waals surface area (Å²) in [4.78, 5) is 14.8. The van der Waals surface area contributed by atoms with Crippen molar-refractivity contribution in [3.63, 3.8) is 0 Å². The summed E-state index contributed by atoms with van der Waals surface area (Å²) < 4.78 is 13.5. The normalized spacial score (nSPS) is 10.3. The van der Waals surface area contributed by atoms with E-state index in [1.54, 1.807) is 0 Å². The molecule has 1 aromatic carbocycles. The number of carboxylic acids is 1. The van der Waals surface area contributed by atoms with Crippen LogP contribution in [0.25, 0.3) is 0 Å². The second-order valence-corrected chi connectivity index (χ2v) is 4.87. The van der Waals surface area contributed by atoms with Crippen LogP contribution in [0.2, 0.25) is 5.02 Å². The number of benzene rings is 1. The number of hydrogen-bond donors (Lipinski definition) is 2. The van der Waals surface area contributed by atoms with Crippen LogP contribution < -0.4 is 5.32 Å². The molecule has 2 aromatic rings. The van der Waals surface area contributed by atoms with Crippen LogP contribution in [0.4, 0.5) is 15.9 Å². The third-order valence-electron chi connectivity index (χ3n) is 2.27. The van der Waals surface area contributed by atoms with Gasteiger partial charge in [-0.05, 0) is 40.2 Å². The fraction of sp³-hybridized carbons (Fsp3) is 0. The number of nitrogens with one attached hydrogen (secondary N) is 1. The predicted octanol–water partition coefficient (Wildman–Crippen LogP) is 4.08. The van der Waals surface area contributed by atoms with Crippen LogP contribution in [0.15, 0.2) is 34.9 Å². The molecular weight excluding hydrogens is 338 g/mol. The Bertz CT molecular complexity index is 628. The maximum atomic E-state index is 13.1. The van der Waals surface area contributed by atoms with Crippen LogP contribution in [-0.4, -0.2) is 16.1 Å². The third-order valence-corrected chi connectivity index (χ3v) is 3.19. The SMILES string of the molecule is O=C(O)c1ccnc(Nc2c(Cl)cc(F)cc2Br)c1. The van der Waals surface area contributed by atoms with Crippen molar-refractivity contribution in [2.75, 3.05) is 5.32 Å². The Balaban J connectivity index is 2.36. The molecule has 1 heterocycles. The zero-order chi connectivity index (χ0) is 14.0. The van der Waals surface area contributed by atoms with Crippen molar-refractivity contribution in [3.8, 4) is 0 Å². The molecule has 4 nitrogen and oxygen atoms in total. The number of anilines is 2. The lowest BCUT2D eigenvalue weighted by molar-refractivity contribution is 0.0697. The maximum Gasteiger partial charge on any atom is 0.335 e. The van der Waals surface area contributed by atoms with Gasteiger partial charge in [-0.25, -0.2) is 14.2 Å². The lowest BCUT2D eigenvalue weighted by atomic mass is 10.2. The molecule has 98 valence electrons. The number of hydrogen-bond acceptors (Lipinski definition) is 3. The van der Waals surface area contributed by atoms with Crippen LogP contribution in [-0.2, 0) is 0 Å². The number of rotatable bonds is 3. The van der Waals surface area contributed by atoms with E-state index in [1.807, 2.05) is 0 Å². The highest BCUT2D eigenvalue weighted by molar-refractivity contribution is 9.10. The van der Waals surface area contributed by atoms with Gasteiger partial charge in [0.2, 0.25) is 0 Å². The van der Waals surface area contributed by atoms with Gasteiger partial charge < -0.3 is 10.4 Å². The first kappa shape index (κ1) is 13.8. The molecule has 0 fully saturated rings. The van der Waals surface area contributed by atoms with E-state index in [-0.39, 0.29) is 10.6 Å². The predicted molar refractivity (Wildman–Crippen MR) is 73.6 cm³/mol. The molecule has 0 amide bonds. The highest BCUT2D eigenvalue weighted by atomic mass is 79.9. The second-order valence-electron chi connectivity index (χ2n) is 3.60. The first-order chi connectivity index (χ1) is 8.97. The fourth-order valence-electron chi connectivity index (χ4n) is 1.42. The number of halogens is 3. The topological polar surface area (TPSA) is 62.2 Å². The average Bonchev–Trinajstić information content (AvgIpc) is 2.34. The number of carboxylic acid groups (broad SMARTS) is 1. The Morgan fingerprint density at radius 2 is 2.16 bits per heavy atom. The molecule has 0 aliphatic heterocycles. The number of nitrogens with zero attached hydrogens (tertiary/aromatic N) is 1. The zero-order valence-electron chi connectivity index (χ0n) is 9.32. The van der Waals surface area contributed by atoms with Gasteiger partial charge >= 0.3 is 5.97 Å². The summed E-state index contributed by atoms with van der Waals surface area (Å²) >= 11 is 9.08. The quantitative estimate of drug-likeness (QED) is 0.880. The van der Waals surface area contributed by atoms with Crippen LogP contribution in [0.1, 0.15) is 10.4 Å². The van der Waals surface area contributed by atoms with E-state index in [0.717, 1.165) is 6.07 Å². The van der Waals surface area contributed by atoms with Crippen molar-refractivity contribution in [1.82, 2.24) is 4.98 Å². The van der Waals surface area contributed by atoms with Gasteiger partial charge in [0, 0.05) is 10.7 Å². The minimum Gasteiger partial charge on any atom is -0.478 e. The van der Waals surface area contributed by atoms with Crippen LogP contribution in [0.3, 0.4) is 0 Å². The van der Waals surface area contributed by atoms with Gasteiger partial charge in [0.15, 0.2) is 0 Å². The summed E-state index contributed by atoms with van der Waals surface area (Å²) in [6.07, 6.45) is 1.36. The maximum absolute atomic E-state index is 13.1. The first-order valence-corrected chi connectivity index (χ1v) is 6.25. The van der Waals surface area contributed by atoms with Gasteiger partial charge in [0.05, 0.1) is 16.3 Å². The van der Waals surface area contributed by atoms with Gasteiger partial charge in [-0.15, -0.1) is 0 Å². The Kier molecular flexibility index (Phi) is 4.01. The van der Waals surface area contributed by atoms with Crippen molar-refractivity contribution < 1.29 is 14.3 Å². The van der Waals surface area contributed by atoms with Crippen molar-refractivity contribution in [3.05, 3.63) is 51.3 Å². The van der Waals surface area contributed by atoms with Crippen molar-refractivity contribution in [2.45, 2.75) is 0 Å². The standard InChI is InChI=1S/C12H7BrClFN2O2/c13-8-4-7(15)5-9(14)11(8)17-10-3-6(12(18)19)1-2-16-10/h1-5H,(H,16,17)(H,18,19). The molecule has 0 saturated carbocycles. The lowest BCUT2D eigenvalue weighted by Crippen LogP contribution is -2.00. The molecule has 0 spiro atoms. The van der Waals surface area contributed by atoms with E-state index in [9.17, 15) is 9.18 Å². The Hall–Kier alpha value is -1.66. The second kappa shape index (κ2) is 5.54. The van der Waals surface area contributed by atoms with E-state index in [2.05, 4.69) is 26.2 Å². The smallest absolute Gasteiger partial charge is 0.335 e. The van der Waals surface area contributed by atoms with E-state index >= 15 is 0 Å². The molecule has 2 rings (SSSR count). The number of aromatic nitrogens is 1. The van der Waals surface area contributed by atoms with Gasteiger partial charge in [-0.3, -0.25) is 0 Å². The summed E-state index contributed by atoms with van der Waals surface area (Å²) in [5, 5.41) is 11.9. The van der Waals surface area contributed by atoms with Crippen molar-refractivity contribution in [1.29, 1.82) is 0 Å². The molecule has 19 heavy (non-hydrogen) atoms. The minimum atomic E-state index is -1.06. The van der Waals surface area contributed by atoms with Gasteiger partial charge in [-0.2, -0.15) is 0 Å². The van der Waals surface area contributed by atoms with E-state index in [0.29, 0.717) is 16.0 Å². The van der Waals surface area contributed by atoms with Gasteiger partial charge in [0.25, 0.3) is 0 Å². The summed E-state index contributed by atoms with van der Waals surface area (Å²) in [5.74, 6) is -1.24. The van der Waals surface area contributed by atoms with E-state index in [4.69, 9.17) is 16.7 Å². The van der Waals surface area contributed by atoms with Crippen LogP contribution in [0, 0.1) is 5.82 Å². The molecule has 0 unspecified atom stereocenters. The molecule has 0 saturated heterocycles. The number of carbonyl (C=O) groups is 1. The minimum absolute atomic E-state index is 0.0897. The monoisotopic (exact) mass is 344 g/mol. The fourth-order valence-corrected chi connectivity index (χ4v) is 2.32. The van der Waals surface area contributed by atoms with Gasteiger partial charge in [0.1, 0.15) is 11.6 Å². The van der Waals surface area contributed by atoms with Crippen molar-refractivity contribution >= 4 is 45.0 Å². The summed E-state index contributed by atoms with van der Waals surface area (Å²) in [7, 11) is 0. The Labute approximate surface area is 121 Å². The summed E-state index contributed by atoms with van der Waals surface area (Å²) in [5.41, 5.74) is 0.505. The van der Waals surface area contributed by atoms with E-state index in [1.165, 1.54) is 24.4 Å². The molecule has 0 bridgehead atoms. The Morgan fingerprint density at radius 1 is 1.42 bits per heavy atom. The summed E-state index contributed by atoms with van der Waals surface area (Å²) in [6, 6.07) is 5.12. The van der Waals surface area contributed by atoms with Crippen LogP contribution in [0.5, 0.6) is 0 Å². The largest absolute Gasteiger partial charge is 0.478 e. The molecule has 0 radical (unpaired) electrons. The average molecular weight is 346 g/mol.